The maximum atomic E-state index is 13.3. The van der Waals surface area contributed by atoms with Crippen molar-refractivity contribution in [2.24, 2.45) is 5.92 Å². The Morgan fingerprint density at radius 2 is 1.92 bits per heavy atom. The van der Waals surface area contributed by atoms with E-state index in [1.54, 1.807) is 0 Å². The van der Waals surface area contributed by atoms with Crippen LogP contribution in [0, 0.1) is 5.92 Å². The first kappa shape index (κ1) is 17.2. The van der Waals surface area contributed by atoms with Crippen LogP contribution in [0.25, 0.3) is 0 Å². The summed E-state index contributed by atoms with van der Waals surface area (Å²) in [4.78, 5) is 26.3. The Morgan fingerprint density at radius 3 is 2.50 bits per heavy atom. The van der Waals surface area contributed by atoms with Crippen molar-refractivity contribution in [1.82, 2.24) is 5.32 Å². The van der Waals surface area contributed by atoms with Gasteiger partial charge in [-0.3, -0.25) is 9.59 Å². The van der Waals surface area contributed by atoms with Crippen LogP contribution in [0.1, 0.15) is 36.5 Å². The molecule has 1 aromatic rings. The maximum Gasteiger partial charge on any atom is 0.236 e. The van der Waals surface area contributed by atoms with E-state index in [0.717, 1.165) is 18.5 Å². The average Bonchev–Trinajstić information content (AvgIpc) is 3.36. The Labute approximate surface area is 156 Å². The summed E-state index contributed by atoms with van der Waals surface area (Å²) in [6.45, 7) is 1.85. The van der Waals surface area contributed by atoms with Crippen LogP contribution >= 0.6 is 11.6 Å². The first-order valence-electron chi connectivity index (χ1n) is 8.62. The normalized spacial score (nSPS) is 27.1. The molecule has 7 heteroatoms. The molecular weight excluding hydrogens is 358 g/mol. The van der Waals surface area contributed by atoms with Gasteiger partial charge in [0.25, 0.3) is 0 Å². The third-order valence-corrected chi connectivity index (χ3v) is 5.63. The second-order valence-electron chi connectivity index (χ2n) is 7.02. The number of hydrogen-bond donors (Lipinski definition) is 1. The lowest BCUT2D eigenvalue weighted by Gasteiger charge is -2.35. The first-order chi connectivity index (χ1) is 12.4. The van der Waals surface area contributed by atoms with Gasteiger partial charge in [-0.2, -0.15) is 0 Å². The van der Waals surface area contributed by atoms with Crippen LogP contribution in [0.5, 0.6) is 17.2 Å². The molecule has 4 rings (SSSR count). The first-order valence-corrected chi connectivity index (χ1v) is 9.00. The number of fused-ring (bicyclic) bond motifs is 1. The standard InChI is InChI=1S/C19H20ClNO5/c1-9-6-11(21-10-4-5-10)7-14(22)19(9)18(23)15-12(24-2)8-13(25-3)16(20)17(15)26-19/h7-10,21H,4-6H2,1-3H3/t9-,19+/m1/s1. The van der Waals surface area contributed by atoms with Gasteiger partial charge in [0.1, 0.15) is 22.1 Å². The highest BCUT2D eigenvalue weighted by molar-refractivity contribution is 6.36. The van der Waals surface area contributed by atoms with Gasteiger partial charge in [-0.25, -0.2) is 0 Å². The lowest BCUT2D eigenvalue weighted by Crippen LogP contribution is -2.55. The lowest BCUT2D eigenvalue weighted by molar-refractivity contribution is -0.129. The number of nitrogens with one attached hydrogen (secondary N) is 1. The Bertz CT molecular complexity index is 845. The fourth-order valence-corrected chi connectivity index (χ4v) is 3.98. The zero-order valence-electron chi connectivity index (χ0n) is 14.8. The van der Waals surface area contributed by atoms with Gasteiger partial charge in [0.05, 0.1) is 14.2 Å². The van der Waals surface area contributed by atoms with Gasteiger partial charge >= 0.3 is 0 Å². The Morgan fingerprint density at radius 1 is 1.23 bits per heavy atom. The maximum absolute atomic E-state index is 13.3. The molecule has 0 radical (unpaired) electrons. The number of ketones is 2. The number of rotatable bonds is 4. The number of methoxy groups -OCH3 is 2. The molecule has 0 amide bonds. The second kappa shape index (κ2) is 5.91. The summed E-state index contributed by atoms with van der Waals surface area (Å²) in [5.74, 6) is -0.345. The number of carbonyl (C=O) groups excluding carboxylic acids is 2. The number of halogens is 1. The van der Waals surface area contributed by atoms with Gasteiger partial charge in [0.15, 0.2) is 5.75 Å². The van der Waals surface area contributed by atoms with Crippen molar-refractivity contribution < 1.29 is 23.8 Å². The SMILES string of the molecule is COc1cc(OC)c2c(c1Cl)O[C@@]1(C(=O)C=C(NC3CC3)C[C@H]1C)C2=O. The summed E-state index contributed by atoms with van der Waals surface area (Å²) in [7, 11) is 2.91. The number of Topliss-reactive ketones (excluding diaryl/α,β-unsaturated/α-hetero) is 1. The molecule has 3 aliphatic rings. The van der Waals surface area contributed by atoms with E-state index in [1.807, 2.05) is 6.92 Å². The molecule has 1 N–H and O–H groups in total. The van der Waals surface area contributed by atoms with Crippen LogP contribution in [0.4, 0.5) is 0 Å². The number of allylic oxidation sites excluding steroid dienone is 1. The largest absolute Gasteiger partial charge is 0.496 e. The fourth-order valence-electron chi connectivity index (χ4n) is 3.72. The molecule has 1 saturated carbocycles. The van der Waals surface area contributed by atoms with E-state index in [9.17, 15) is 9.59 Å². The van der Waals surface area contributed by atoms with Crippen molar-refractivity contribution in [3.8, 4) is 17.2 Å². The topological polar surface area (TPSA) is 73.9 Å². The molecule has 1 aliphatic heterocycles. The van der Waals surface area contributed by atoms with Crippen molar-refractivity contribution in [3.05, 3.63) is 28.4 Å². The van der Waals surface area contributed by atoms with Gasteiger partial charge in [-0.1, -0.05) is 18.5 Å². The average molecular weight is 378 g/mol. The third-order valence-electron chi connectivity index (χ3n) is 5.28. The van der Waals surface area contributed by atoms with Gasteiger partial charge in [-0.05, 0) is 19.3 Å². The molecule has 0 aromatic heterocycles. The summed E-state index contributed by atoms with van der Waals surface area (Å²) < 4.78 is 16.6. The number of benzene rings is 1. The van der Waals surface area contributed by atoms with E-state index in [4.69, 9.17) is 25.8 Å². The van der Waals surface area contributed by atoms with Crippen molar-refractivity contribution >= 4 is 23.2 Å². The van der Waals surface area contributed by atoms with Crippen LogP contribution in [0.2, 0.25) is 5.02 Å². The lowest BCUT2D eigenvalue weighted by atomic mass is 9.74. The van der Waals surface area contributed by atoms with Crippen molar-refractivity contribution in [2.45, 2.75) is 37.8 Å². The molecule has 1 heterocycles. The Balaban J connectivity index is 1.79. The van der Waals surface area contributed by atoms with Crippen molar-refractivity contribution in [1.29, 1.82) is 0 Å². The molecule has 6 nitrogen and oxygen atoms in total. The molecule has 138 valence electrons. The summed E-state index contributed by atoms with van der Waals surface area (Å²) >= 11 is 6.36. The molecule has 2 atom stereocenters. The van der Waals surface area contributed by atoms with Crippen molar-refractivity contribution in [2.75, 3.05) is 14.2 Å². The molecule has 1 aromatic carbocycles. The monoisotopic (exact) mass is 377 g/mol. The fraction of sp³-hybridized carbons (Fsp3) is 0.474. The molecule has 1 fully saturated rings. The minimum Gasteiger partial charge on any atom is -0.496 e. The van der Waals surface area contributed by atoms with E-state index in [2.05, 4.69) is 5.32 Å². The highest BCUT2D eigenvalue weighted by atomic mass is 35.5. The van der Waals surface area contributed by atoms with E-state index >= 15 is 0 Å². The zero-order valence-corrected chi connectivity index (χ0v) is 15.6. The number of carbonyl (C=O) groups is 2. The van der Waals surface area contributed by atoms with Crippen molar-refractivity contribution in [3.63, 3.8) is 0 Å². The van der Waals surface area contributed by atoms with Crippen LogP contribution in [-0.2, 0) is 4.79 Å². The molecule has 26 heavy (non-hydrogen) atoms. The van der Waals surface area contributed by atoms with Crippen LogP contribution in [0.15, 0.2) is 17.8 Å². The third kappa shape index (κ3) is 2.31. The predicted molar refractivity (Wildman–Crippen MR) is 95.3 cm³/mol. The van der Waals surface area contributed by atoms with Gasteiger partial charge in [0, 0.05) is 29.8 Å². The summed E-state index contributed by atoms with van der Waals surface area (Å²) in [5.41, 5.74) is -0.538. The van der Waals surface area contributed by atoms with Gasteiger partial charge < -0.3 is 19.5 Å². The molecule has 1 spiro atoms. The molecular formula is C19H20ClNO5. The summed E-state index contributed by atoms with van der Waals surface area (Å²) in [5, 5.41) is 3.52. The predicted octanol–water partition coefficient (Wildman–Crippen LogP) is 2.92. The number of ether oxygens (including phenoxy) is 3. The second-order valence-corrected chi connectivity index (χ2v) is 7.40. The molecule has 0 unspecified atom stereocenters. The summed E-state index contributed by atoms with van der Waals surface area (Å²) in [6.07, 6.45) is 4.27. The zero-order chi connectivity index (χ0) is 18.6. The quantitative estimate of drug-likeness (QED) is 0.813. The van der Waals surface area contributed by atoms with Gasteiger partial charge in [-0.15, -0.1) is 0 Å². The van der Waals surface area contributed by atoms with Crippen LogP contribution in [-0.4, -0.2) is 37.4 Å². The highest BCUT2D eigenvalue weighted by Crippen LogP contribution is 2.53. The molecule has 2 aliphatic carbocycles. The van der Waals surface area contributed by atoms with E-state index in [0.29, 0.717) is 18.2 Å². The van der Waals surface area contributed by atoms with E-state index < -0.39 is 11.4 Å². The van der Waals surface area contributed by atoms with E-state index in [-0.39, 0.29) is 33.8 Å². The Kier molecular flexibility index (Phi) is 3.91. The van der Waals surface area contributed by atoms with Crippen LogP contribution in [0.3, 0.4) is 0 Å². The smallest absolute Gasteiger partial charge is 0.236 e. The van der Waals surface area contributed by atoms with E-state index in [1.165, 1.54) is 26.4 Å². The summed E-state index contributed by atoms with van der Waals surface area (Å²) in [6, 6.07) is 1.97. The molecule has 0 saturated heterocycles. The highest BCUT2D eigenvalue weighted by Gasteiger charge is 2.60. The van der Waals surface area contributed by atoms with Gasteiger partial charge in [0.2, 0.25) is 17.2 Å². The molecule has 0 bridgehead atoms. The van der Waals surface area contributed by atoms with Crippen LogP contribution < -0.4 is 19.5 Å². The minimum absolute atomic E-state index is 0.153. The Hall–Kier alpha value is -2.21. The minimum atomic E-state index is -1.60. The number of hydrogen-bond acceptors (Lipinski definition) is 6.